The molecule has 2 unspecified atom stereocenters. The third-order valence-electron chi connectivity index (χ3n) is 7.52. The first-order valence-corrected chi connectivity index (χ1v) is 12.6. The molecule has 0 spiro atoms. The molecule has 5 nitrogen and oxygen atoms in total. The number of halogens is 1. The Labute approximate surface area is 207 Å². The molecule has 0 saturated carbocycles. The van der Waals surface area contributed by atoms with E-state index in [4.69, 9.17) is 0 Å². The number of fused-ring (bicyclic) bond motifs is 1. The van der Waals surface area contributed by atoms with Crippen LogP contribution in [0, 0.1) is 17.2 Å². The van der Waals surface area contributed by atoms with E-state index in [9.17, 15) is 9.59 Å². The fourth-order valence-electron chi connectivity index (χ4n) is 5.91. The first-order valence-electron chi connectivity index (χ1n) is 12.6. The predicted molar refractivity (Wildman–Crippen MR) is 137 cm³/mol. The van der Waals surface area contributed by atoms with Crippen LogP contribution in [0.1, 0.15) is 58.1 Å². The predicted octanol–water partition coefficient (Wildman–Crippen LogP) is 5.70. The number of carbonyl (C=O) groups is 2. The first kappa shape index (κ1) is 23.6. The van der Waals surface area contributed by atoms with Gasteiger partial charge in [0.15, 0.2) is 5.78 Å². The molecule has 1 fully saturated rings. The van der Waals surface area contributed by atoms with E-state index in [0.29, 0.717) is 29.9 Å². The summed E-state index contributed by atoms with van der Waals surface area (Å²) in [5, 5.41) is 3.53. The third-order valence-corrected chi connectivity index (χ3v) is 7.52. The standard InChI is InChI=1S/C29H34FN3O2/c1-19-9-8-14-32(17-19)26(35)18-33-24-13-7-6-12-22(24)31-23-15-29(2,3)16-25(34)27(23)28(33)20-10-4-5-11-21(20)30/h4-7,10-13,19,28,31H,8-9,14-18H2,1-3H3. The summed E-state index contributed by atoms with van der Waals surface area (Å²) < 4.78 is 15.4. The van der Waals surface area contributed by atoms with Gasteiger partial charge in [0.25, 0.3) is 0 Å². The number of nitrogens with one attached hydrogen (secondary N) is 1. The van der Waals surface area contributed by atoms with Gasteiger partial charge in [-0.25, -0.2) is 4.39 Å². The van der Waals surface area contributed by atoms with E-state index < -0.39 is 6.04 Å². The van der Waals surface area contributed by atoms with Crippen LogP contribution in [-0.2, 0) is 9.59 Å². The lowest BCUT2D eigenvalue weighted by Crippen LogP contribution is -2.46. The zero-order valence-electron chi connectivity index (χ0n) is 20.8. The number of piperidine rings is 1. The Bertz CT molecular complexity index is 1190. The van der Waals surface area contributed by atoms with Crippen molar-refractivity contribution in [3.63, 3.8) is 0 Å². The van der Waals surface area contributed by atoms with Crippen molar-refractivity contribution in [3.05, 3.63) is 71.2 Å². The largest absolute Gasteiger partial charge is 0.357 e. The molecule has 184 valence electrons. The summed E-state index contributed by atoms with van der Waals surface area (Å²) in [4.78, 5) is 31.2. The number of ketones is 1. The van der Waals surface area contributed by atoms with Gasteiger partial charge < -0.3 is 15.1 Å². The molecule has 0 aromatic heterocycles. The van der Waals surface area contributed by atoms with Crippen molar-refractivity contribution < 1.29 is 14.0 Å². The molecule has 6 heteroatoms. The quantitative estimate of drug-likeness (QED) is 0.619. The van der Waals surface area contributed by atoms with Crippen LogP contribution < -0.4 is 10.2 Å². The summed E-state index contributed by atoms with van der Waals surface area (Å²) in [6.07, 6.45) is 3.18. The molecular formula is C29H34FN3O2. The van der Waals surface area contributed by atoms with Gasteiger partial charge in [0, 0.05) is 36.3 Å². The van der Waals surface area contributed by atoms with Crippen molar-refractivity contribution >= 4 is 23.1 Å². The Morgan fingerprint density at radius 2 is 1.86 bits per heavy atom. The van der Waals surface area contributed by atoms with Crippen molar-refractivity contribution in [1.29, 1.82) is 0 Å². The van der Waals surface area contributed by atoms with Gasteiger partial charge >= 0.3 is 0 Å². The first-order chi connectivity index (χ1) is 16.7. The molecule has 0 bridgehead atoms. The number of carbonyl (C=O) groups excluding carboxylic acids is 2. The van der Waals surface area contributed by atoms with Crippen LogP contribution in [0.3, 0.4) is 0 Å². The van der Waals surface area contributed by atoms with Crippen LogP contribution in [0.2, 0.25) is 0 Å². The summed E-state index contributed by atoms with van der Waals surface area (Å²) in [6.45, 7) is 7.90. The molecule has 3 aliphatic rings. The summed E-state index contributed by atoms with van der Waals surface area (Å²) in [5.41, 5.74) is 3.26. The highest BCUT2D eigenvalue weighted by atomic mass is 19.1. The summed E-state index contributed by atoms with van der Waals surface area (Å²) in [5.74, 6) is 0.115. The molecule has 2 atom stereocenters. The Morgan fingerprint density at radius 3 is 2.63 bits per heavy atom. The second kappa shape index (κ2) is 9.14. The Balaban J connectivity index is 1.66. The smallest absolute Gasteiger partial charge is 0.242 e. The number of nitrogens with zero attached hydrogens (tertiary/aromatic N) is 2. The summed E-state index contributed by atoms with van der Waals surface area (Å²) in [7, 11) is 0. The number of anilines is 2. The highest BCUT2D eigenvalue weighted by Gasteiger charge is 2.43. The van der Waals surface area contributed by atoms with Gasteiger partial charge in [-0.1, -0.05) is 51.1 Å². The molecule has 2 aromatic carbocycles. The zero-order chi connectivity index (χ0) is 24.7. The molecule has 0 radical (unpaired) electrons. The average Bonchev–Trinajstić information content (AvgIpc) is 2.93. The second-order valence-electron chi connectivity index (χ2n) is 11.1. The van der Waals surface area contributed by atoms with Crippen LogP contribution in [0.4, 0.5) is 15.8 Å². The van der Waals surface area contributed by atoms with Crippen molar-refractivity contribution in [2.75, 3.05) is 29.9 Å². The molecule has 5 rings (SSSR count). The third kappa shape index (κ3) is 4.58. The van der Waals surface area contributed by atoms with Gasteiger partial charge in [0.2, 0.25) is 5.91 Å². The van der Waals surface area contributed by atoms with Crippen molar-refractivity contribution in [2.45, 2.75) is 52.5 Å². The number of benzene rings is 2. The Kier molecular flexibility index (Phi) is 6.16. The maximum atomic E-state index is 15.4. The molecule has 2 aliphatic heterocycles. The van der Waals surface area contributed by atoms with Crippen LogP contribution in [0.5, 0.6) is 0 Å². The lowest BCUT2D eigenvalue weighted by atomic mass is 9.73. The minimum absolute atomic E-state index is 0.00820. The highest BCUT2D eigenvalue weighted by molar-refractivity contribution is 6.01. The van der Waals surface area contributed by atoms with Crippen molar-refractivity contribution in [3.8, 4) is 0 Å². The molecule has 1 amide bonds. The number of hydrogen-bond donors (Lipinski definition) is 1. The van der Waals surface area contributed by atoms with Gasteiger partial charge in [-0.2, -0.15) is 0 Å². The fourth-order valence-corrected chi connectivity index (χ4v) is 5.91. The topological polar surface area (TPSA) is 52.7 Å². The molecule has 1 saturated heterocycles. The van der Waals surface area contributed by atoms with Crippen LogP contribution in [0.15, 0.2) is 59.8 Å². The summed E-state index contributed by atoms with van der Waals surface area (Å²) in [6, 6.07) is 13.7. The van der Waals surface area contributed by atoms with Gasteiger partial charge in [-0.05, 0) is 48.8 Å². The minimum Gasteiger partial charge on any atom is -0.357 e. The SMILES string of the molecule is CC1CCCN(C(=O)CN2c3ccccc3NC3=C(C(=O)CC(C)(C)C3)C2c2ccccc2F)C1. The maximum Gasteiger partial charge on any atom is 0.242 e. The highest BCUT2D eigenvalue weighted by Crippen LogP contribution is 2.48. The normalized spacial score (nSPS) is 23.8. The lowest BCUT2D eigenvalue weighted by Gasteiger charge is -2.39. The second-order valence-corrected chi connectivity index (χ2v) is 11.1. The number of hydrogen-bond acceptors (Lipinski definition) is 4. The number of likely N-dealkylation sites (tertiary alicyclic amines) is 1. The van der Waals surface area contributed by atoms with Crippen LogP contribution in [0.25, 0.3) is 0 Å². The summed E-state index contributed by atoms with van der Waals surface area (Å²) >= 11 is 0. The van der Waals surface area contributed by atoms with E-state index in [1.54, 1.807) is 18.2 Å². The molecule has 1 N–H and O–H groups in total. The molecule has 1 aliphatic carbocycles. The zero-order valence-corrected chi connectivity index (χ0v) is 20.8. The van der Waals surface area contributed by atoms with Gasteiger partial charge in [0.05, 0.1) is 24.0 Å². The van der Waals surface area contributed by atoms with Crippen LogP contribution >= 0.6 is 0 Å². The van der Waals surface area contributed by atoms with E-state index in [-0.39, 0.29) is 29.5 Å². The van der Waals surface area contributed by atoms with Gasteiger partial charge in [-0.15, -0.1) is 0 Å². The number of allylic oxidation sites excluding steroid dienone is 1. The van der Waals surface area contributed by atoms with E-state index >= 15 is 4.39 Å². The number of amides is 1. The van der Waals surface area contributed by atoms with E-state index in [1.807, 2.05) is 34.1 Å². The fraction of sp³-hybridized carbons (Fsp3) is 0.448. The Hall–Kier alpha value is -3.15. The molecule has 35 heavy (non-hydrogen) atoms. The molecule has 2 aromatic rings. The lowest BCUT2D eigenvalue weighted by molar-refractivity contribution is -0.131. The van der Waals surface area contributed by atoms with Crippen molar-refractivity contribution in [2.24, 2.45) is 11.3 Å². The van der Waals surface area contributed by atoms with E-state index in [2.05, 4.69) is 26.1 Å². The molecular weight excluding hydrogens is 441 g/mol. The van der Waals surface area contributed by atoms with Crippen LogP contribution in [-0.4, -0.2) is 36.2 Å². The monoisotopic (exact) mass is 475 g/mol. The van der Waals surface area contributed by atoms with Gasteiger partial charge in [-0.3, -0.25) is 9.59 Å². The van der Waals surface area contributed by atoms with Gasteiger partial charge in [0.1, 0.15) is 5.82 Å². The maximum absolute atomic E-state index is 15.4. The van der Waals surface area contributed by atoms with E-state index in [0.717, 1.165) is 43.0 Å². The molecule has 2 heterocycles. The average molecular weight is 476 g/mol. The number of para-hydroxylation sites is 2. The number of Topliss-reactive ketones (excluding diaryl/α,β-unsaturated/α-hetero) is 1. The Morgan fingerprint density at radius 1 is 1.11 bits per heavy atom. The van der Waals surface area contributed by atoms with Crippen molar-refractivity contribution in [1.82, 2.24) is 4.90 Å². The minimum atomic E-state index is -0.683. The van der Waals surface area contributed by atoms with E-state index in [1.165, 1.54) is 6.07 Å². The number of rotatable bonds is 3.